The van der Waals surface area contributed by atoms with Gasteiger partial charge in [-0.05, 0) is 24.6 Å². The van der Waals surface area contributed by atoms with Crippen LogP contribution < -0.4 is 5.32 Å². The second-order valence-corrected chi connectivity index (χ2v) is 11.2. The van der Waals surface area contributed by atoms with Crippen LogP contribution in [0, 0.1) is 11.8 Å². The van der Waals surface area contributed by atoms with Crippen LogP contribution in [-0.4, -0.2) is 51.0 Å². The molecule has 2 aromatic heterocycles. The molecule has 10 heteroatoms. The molecule has 1 aromatic carbocycles. The fraction of sp³-hybridized carbons (Fsp3) is 0.323. The summed E-state index contributed by atoms with van der Waals surface area (Å²) in [5.74, 6) is -0.127. The van der Waals surface area contributed by atoms with E-state index in [4.69, 9.17) is 9.47 Å². The minimum absolute atomic E-state index is 0. The maximum atomic E-state index is 13.6. The van der Waals surface area contributed by atoms with Crippen molar-refractivity contribution >= 4 is 58.0 Å². The Morgan fingerprint density at radius 1 is 1.07 bits per heavy atom. The number of allylic oxidation sites excluding steroid dienone is 4. The molecule has 3 aromatic rings. The van der Waals surface area contributed by atoms with Gasteiger partial charge in [-0.25, -0.2) is 4.79 Å². The maximum Gasteiger partial charge on any atom is 0.344 e. The number of fused-ring (bicyclic) bond motifs is 9. The van der Waals surface area contributed by atoms with Gasteiger partial charge < -0.3 is 34.1 Å². The van der Waals surface area contributed by atoms with E-state index in [1.54, 1.807) is 6.92 Å². The van der Waals surface area contributed by atoms with E-state index in [9.17, 15) is 19.8 Å². The molecule has 0 spiro atoms. The van der Waals surface area contributed by atoms with E-state index in [-0.39, 0.29) is 51.1 Å². The summed E-state index contributed by atoms with van der Waals surface area (Å²) in [7, 11) is 2.70. The summed E-state index contributed by atoms with van der Waals surface area (Å²) in [4.78, 5) is 27.1. The maximum absolute atomic E-state index is 13.6. The van der Waals surface area contributed by atoms with Gasteiger partial charge in [0, 0.05) is 61.7 Å². The van der Waals surface area contributed by atoms with Crippen molar-refractivity contribution in [2.45, 2.75) is 44.9 Å². The Labute approximate surface area is 262 Å². The first-order valence-electron chi connectivity index (χ1n) is 13.3. The van der Waals surface area contributed by atoms with E-state index in [0.29, 0.717) is 38.6 Å². The molecule has 41 heavy (non-hydrogen) atoms. The summed E-state index contributed by atoms with van der Waals surface area (Å²) in [5.41, 5.74) is 1.29. The third kappa shape index (κ3) is 3.38. The van der Waals surface area contributed by atoms with Crippen molar-refractivity contribution in [3.05, 3.63) is 63.9 Å². The summed E-state index contributed by atoms with van der Waals surface area (Å²) in [6.07, 6.45) is 14.6. The van der Waals surface area contributed by atoms with Gasteiger partial charge in [0.2, 0.25) is 5.60 Å². The normalized spacial score (nSPS) is 27.3. The number of ether oxygens (including phenoxy) is 2. The number of aromatic nitrogens is 2. The third-order valence-corrected chi connectivity index (χ3v) is 9.01. The smallest absolute Gasteiger partial charge is 0.344 e. The van der Waals surface area contributed by atoms with E-state index >= 15 is 0 Å². The van der Waals surface area contributed by atoms with Crippen LogP contribution in [-0.2, 0) is 59.2 Å². The summed E-state index contributed by atoms with van der Waals surface area (Å²) in [5, 5.41) is 27.8. The molecule has 9 nitrogen and oxygen atoms in total. The number of methoxy groups -OCH3 is 2. The predicted molar refractivity (Wildman–Crippen MR) is 152 cm³/mol. The van der Waals surface area contributed by atoms with Crippen LogP contribution in [0.15, 0.2) is 24.3 Å². The Morgan fingerprint density at radius 3 is 2.46 bits per heavy atom. The van der Waals surface area contributed by atoms with E-state index in [2.05, 4.69) is 5.32 Å². The van der Waals surface area contributed by atoms with Crippen molar-refractivity contribution in [3.8, 4) is 0 Å². The largest absolute Gasteiger partial charge is 0.467 e. The summed E-state index contributed by atoms with van der Waals surface area (Å²) < 4.78 is 15.1. The van der Waals surface area contributed by atoms with Crippen molar-refractivity contribution in [2.75, 3.05) is 14.2 Å². The predicted octanol–water partition coefficient (Wildman–Crippen LogP) is 3.88. The molecule has 2 aliphatic carbocycles. The van der Waals surface area contributed by atoms with Crippen LogP contribution in [0.3, 0.4) is 0 Å². The van der Waals surface area contributed by atoms with Crippen molar-refractivity contribution in [2.24, 2.45) is 5.92 Å². The zero-order valence-electron chi connectivity index (χ0n) is 23.5. The van der Waals surface area contributed by atoms with Crippen LogP contribution in [0.5, 0.6) is 0 Å². The molecule has 0 saturated heterocycles. The van der Waals surface area contributed by atoms with Gasteiger partial charge in [-0.3, -0.25) is 4.79 Å². The fourth-order valence-corrected chi connectivity index (χ4v) is 6.87. The molecule has 4 atom stereocenters. The van der Waals surface area contributed by atoms with Crippen LogP contribution in [0.1, 0.15) is 65.4 Å². The molecule has 0 bridgehead atoms. The van der Waals surface area contributed by atoms with E-state index in [0.717, 1.165) is 22.7 Å². The van der Waals surface area contributed by atoms with Crippen LogP contribution in [0.25, 0.3) is 46.1 Å². The number of esters is 1. The third-order valence-electron chi connectivity index (χ3n) is 9.01. The number of rotatable bonds is 2. The van der Waals surface area contributed by atoms with Gasteiger partial charge in [-0.15, -0.1) is 12.2 Å². The van der Waals surface area contributed by atoms with Crippen molar-refractivity contribution in [1.82, 2.24) is 14.5 Å². The number of hydrogen-bond donors (Lipinski definition) is 3. The van der Waals surface area contributed by atoms with E-state index in [1.807, 2.05) is 71.6 Å². The molecule has 0 saturated carbocycles. The number of nitrogens with one attached hydrogen (secondary N) is 1. The topological polar surface area (TPSA) is 115 Å². The van der Waals surface area contributed by atoms with E-state index in [1.165, 1.54) is 14.2 Å². The molecule has 4 aliphatic rings. The molecule has 209 valence electrons. The van der Waals surface area contributed by atoms with Crippen LogP contribution >= 0.6 is 0 Å². The molecule has 1 radical (unpaired) electrons. The second-order valence-electron chi connectivity index (χ2n) is 11.2. The SMILES string of the molecule is COC(=O)C1(O)Cn2c3c(c4c5c(c6c7c(n(c6c42)C1(C)OC)C=CC(C)C=C7)C(O)NC5=O)C=C[C-](C)C=C3.[Y]. The number of carbonyl (C=O) groups excluding carboxylic acids is 2. The molecule has 3 N–H and O–H groups in total. The molecule has 7 rings (SSSR count). The number of amides is 1. The van der Waals surface area contributed by atoms with Crippen molar-refractivity contribution in [3.63, 3.8) is 0 Å². The van der Waals surface area contributed by atoms with Crippen LogP contribution in [0.2, 0.25) is 0 Å². The summed E-state index contributed by atoms with van der Waals surface area (Å²) >= 11 is 0. The molecular formula is C31H30N3O6Y-. The zero-order chi connectivity index (χ0) is 28.3. The van der Waals surface area contributed by atoms with Crippen LogP contribution in [0.4, 0.5) is 0 Å². The quantitative estimate of drug-likeness (QED) is 0.293. The standard InChI is InChI=1S/C31H30N3O6.Y/c1-15-6-10-17-19(12-8-15)33-14-31(38,29(37)39-4)30(3,40-5)34-20-13-9-16(2)7-11-18(20)22-24-23(27(35)32-28(24)36)21(17)25(33)26(22)34;/h6-13,16,28,36,38H,14H2,1-5H3,(H,32,35);/q-1;. The minimum Gasteiger partial charge on any atom is -0.467 e. The summed E-state index contributed by atoms with van der Waals surface area (Å²) in [6.45, 7) is 5.49. The Morgan fingerprint density at radius 2 is 1.76 bits per heavy atom. The number of benzene rings is 1. The number of nitrogens with zero attached hydrogens (tertiary/aromatic N) is 2. The van der Waals surface area contributed by atoms with Gasteiger partial charge in [-0.1, -0.05) is 37.6 Å². The Kier molecular flexibility index (Phi) is 6.38. The first kappa shape index (κ1) is 28.2. The van der Waals surface area contributed by atoms with Gasteiger partial charge in [0.25, 0.3) is 5.91 Å². The molecule has 2 aliphatic heterocycles. The van der Waals surface area contributed by atoms with E-state index < -0.39 is 23.5 Å². The van der Waals surface area contributed by atoms with Gasteiger partial charge in [0.15, 0.2) is 12.0 Å². The molecule has 0 fully saturated rings. The average Bonchev–Trinajstić information content (AvgIpc) is 3.36. The molecular weight excluding hydrogens is 599 g/mol. The monoisotopic (exact) mass is 629 g/mol. The minimum atomic E-state index is -2.18. The van der Waals surface area contributed by atoms with Crippen molar-refractivity contribution in [1.29, 1.82) is 0 Å². The zero-order valence-corrected chi connectivity index (χ0v) is 26.3. The molecule has 4 heterocycles. The van der Waals surface area contributed by atoms with Gasteiger partial charge >= 0.3 is 5.97 Å². The second kappa shape index (κ2) is 9.28. The molecule has 4 unspecified atom stereocenters. The van der Waals surface area contributed by atoms with Gasteiger partial charge in [0.1, 0.15) is 0 Å². The number of hydrogen-bond acceptors (Lipinski definition) is 6. The Bertz CT molecular complexity index is 1810. The number of carbonyl (C=O) groups is 2. The van der Waals surface area contributed by atoms with Gasteiger partial charge in [-0.2, -0.15) is 18.1 Å². The number of aliphatic hydroxyl groups is 2. The Balaban J connectivity index is 0.00000302. The Hall–Kier alpha value is -2.95. The molecule has 1 amide bonds. The summed E-state index contributed by atoms with van der Waals surface area (Å²) in [6, 6.07) is 0. The number of aliphatic hydroxyl groups excluding tert-OH is 1. The van der Waals surface area contributed by atoms with Crippen molar-refractivity contribution < 1.29 is 62.0 Å². The first-order valence-corrected chi connectivity index (χ1v) is 13.3. The first-order chi connectivity index (χ1) is 19.1. The fourth-order valence-electron chi connectivity index (χ4n) is 6.87. The van der Waals surface area contributed by atoms with Gasteiger partial charge in [0.05, 0.1) is 35.9 Å². The average molecular weight is 630 g/mol.